The average molecular weight is 401 g/mol. The maximum absolute atomic E-state index is 12.0. The van der Waals surface area contributed by atoms with Crippen LogP contribution in [0, 0.1) is 12.3 Å². The van der Waals surface area contributed by atoms with Crippen molar-refractivity contribution in [1.82, 2.24) is 5.32 Å². The van der Waals surface area contributed by atoms with Gasteiger partial charge in [-0.25, -0.2) is 0 Å². The maximum Gasteiger partial charge on any atom is 0.261 e. The zero-order valence-corrected chi connectivity index (χ0v) is 15.2. The molecule has 6 heteroatoms. The van der Waals surface area contributed by atoms with Crippen LogP contribution in [-0.4, -0.2) is 24.5 Å². The van der Waals surface area contributed by atoms with Gasteiger partial charge in [-0.05, 0) is 49.4 Å². The summed E-state index contributed by atoms with van der Waals surface area (Å²) in [5.41, 5.74) is 1.24. The van der Waals surface area contributed by atoms with Crippen molar-refractivity contribution in [3.05, 3.63) is 58.6 Å². The van der Waals surface area contributed by atoms with E-state index in [0.717, 1.165) is 4.47 Å². The molecule has 1 unspecified atom stereocenters. The number of hydrogen-bond donors (Lipinski definition) is 2. The van der Waals surface area contributed by atoms with Gasteiger partial charge in [-0.1, -0.05) is 27.9 Å². The topological polar surface area (TPSA) is 67.4 Å². The molecule has 0 aliphatic heterocycles. The highest BCUT2D eigenvalue weighted by Gasteiger charge is 2.15. The van der Waals surface area contributed by atoms with Gasteiger partial charge in [0.2, 0.25) is 5.91 Å². The summed E-state index contributed by atoms with van der Waals surface area (Å²) in [7, 11) is 0. The Kier molecular flexibility index (Phi) is 6.61. The molecule has 25 heavy (non-hydrogen) atoms. The summed E-state index contributed by atoms with van der Waals surface area (Å²) in [5.74, 6) is 2.33. The largest absolute Gasteiger partial charge is 0.481 e. The first kappa shape index (κ1) is 18.6. The third kappa shape index (κ3) is 5.98. The van der Waals surface area contributed by atoms with E-state index in [0.29, 0.717) is 17.0 Å². The Morgan fingerprint density at radius 1 is 1.24 bits per heavy atom. The normalized spacial score (nSPS) is 11.1. The van der Waals surface area contributed by atoms with Gasteiger partial charge in [0, 0.05) is 15.7 Å². The molecule has 0 aliphatic carbocycles. The van der Waals surface area contributed by atoms with E-state index in [4.69, 9.17) is 11.2 Å². The first-order valence-electron chi connectivity index (χ1n) is 7.54. The number of terminal acetylenes is 1. The molecule has 0 aliphatic rings. The second-order valence-corrected chi connectivity index (χ2v) is 6.12. The van der Waals surface area contributed by atoms with Crippen molar-refractivity contribution in [1.29, 1.82) is 0 Å². The lowest BCUT2D eigenvalue weighted by molar-refractivity contribution is -0.129. The summed E-state index contributed by atoms with van der Waals surface area (Å²) < 4.78 is 6.44. The van der Waals surface area contributed by atoms with Gasteiger partial charge in [0.15, 0.2) is 6.10 Å². The van der Waals surface area contributed by atoms with E-state index in [-0.39, 0.29) is 18.4 Å². The van der Waals surface area contributed by atoms with Crippen molar-refractivity contribution in [2.45, 2.75) is 13.0 Å². The lowest BCUT2D eigenvalue weighted by Crippen LogP contribution is -2.40. The summed E-state index contributed by atoms with van der Waals surface area (Å²) in [5, 5.41) is 5.21. The van der Waals surface area contributed by atoms with E-state index >= 15 is 0 Å². The van der Waals surface area contributed by atoms with E-state index in [2.05, 4.69) is 32.5 Å². The van der Waals surface area contributed by atoms with Crippen LogP contribution in [0.15, 0.2) is 53.0 Å². The van der Waals surface area contributed by atoms with Crippen LogP contribution in [0.5, 0.6) is 5.75 Å². The molecule has 0 heterocycles. The van der Waals surface area contributed by atoms with E-state index in [1.54, 1.807) is 43.3 Å². The van der Waals surface area contributed by atoms with Crippen LogP contribution in [0.25, 0.3) is 0 Å². The van der Waals surface area contributed by atoms with Crippen molar-refractivity contribution in [3.8, 4) is 18.1 Å². The molecule has 0 radical (unpaired) electrons. The minimum absolute atomic E-state index is 0.160. The van der Waals surface area contributed by atoms with E-state index in [1.165, 1.54) is 0 Å². The van der Waals surface area contributed by atoms with Crippen molar-refractivity contribution in [2.24, 2.45) is 0 Å². The number of ether oxygens (including phenoxy) is 1. The quantitative estimate of drug-likeness (QED) is 0.732. The number of rotatable bonds is 6. The molecular weight excluding hydrogens is 384 g/mol. The standard InChI is InChI=1S/C19H17BrN2O3/c1-3-14-5-4-6-16(11-14)22-18(23)12-21-19(24)13(2)25-17-9-7-15(20)8-10-17/h1,4-11,13H,12H2,2H3,(H,21,24)(H,22,23). The molecule has 0 aromatic heterocycles. The molecule has 0 spiro atoms. The molecule has 128 valence electrons. The molecule has 2 rings (SSSR count). The third-order valence-electron chi connectivity index (χ3n) is 3.23. The second-order valence-electron chi connectivity index (χ2n) is 5.21. The Morgan fingerprint density at radius 2 is 1.96 bits per heavy atom. The first-order valence-corrected chi connectivity index (χ1v) is 8.33. The fourth-order valence-electron chi connectivity index (χ4n) is 1.97. The van der Waals surface area contributed by atoms with Gasteiger partial charge >= 0.3 is 0 Å². The minimum atomic E-state index is -0.723. The number of anilines is 1. The van der Waals surface area contributed by atoms with Crippen LogP contribution < -0.4 is 15.4 Å². The number of carbonyl (C=O) groups excluding carboxylic acids is 2. The molecule has 0 saturated carbocycles. The monoisotopic (exact) mass is 400 g/mol. The highest BCUT2D eigenvalue weighted by molar-refractivity contribution is 9.10. The first-order chi connectivity index (χ1) is 12.0. The molecule has 2 aromatic rings. The molecule has 2 aromatic carbocycles. The number of benzene rings is 2. The van der Waals surface area contributed by atoms with E-state index in [9.17, 15) is 9.59 Å². The number of nitrogens with one attached hydrogen (secondary N) is 2. The Morgan fingerprint density at radius 3 is 2.64 bits per heavy atom. The molecule has 2 amide bonds. The third-order valence-corrected chi connectivity index (χ3v) is 3.76. The van der Waals surface area contributed by atoms with Crippen molar-refractivity contribution >= 4 is 33.4 Å². The van der Waals surface area contributed by atoms with Crippen LogP contribution in [0.3, 0.4) is 0 Å². The zero-order valence-electron chi connectivity index (χ0n) is 13.6. The summed E-state index contributed by atoms with van der Waals surface area (Å²) in [4.78, 5) is 23.9. The fourth-order valence-corrected chi connectivity index (χ4v) is 2.24. The highest BCUT2D eigenvalue weighted by atomic mass is 79.9. The van der Waals surface area contributed by atoms with Crippen molar-refractivity contribution in [2.75, 3.05) is 11.9 Å². The van der Waals surface area contributed by atoms with E-state index < -0.39 is 6.10 Å². The Labute approximate surface area is 154 Å². The number of halogens is 1. The lowest BCUT2D eigenvalue weighted by atomic mass is 10.2. The molecule has 5 nitrogen and oxygen atoms in total. The zero-order chi connectivity index (χ0) is 18.2. The summed E-state index contributed by atoms with van der Waals surface area (Å²) in [6.45, 7) is 1.46. The molecule has 0 fully saturated rings. The molecular formula is C19H17BrN2O3. The van der Waals surface area contributed by atoms with E-state index in [1.807, 2.05) is 12.1 Å². The van der Waals surface area contributed by atoms with Gasteiger partial charge in [0.25, 0.3) is 5.91 Å². The second kappa shape index (κ2) is 8.90. The summed E-state index contributed by atoms with van der Waals surface area (Å²) in [6.07, 6.45) is 4.59. The van der Waals surface area contributed by atoms with Gasteiger partial charge in [0.05, 0.1) is 6.54 Å². The Hall–Kier alpha value is -2.78. The molecule has 0 saturated heterocycles. The summed E-state index contributed by atoms with van der Waals surface area (Å²) >= 11 is 3.33. The van der Waals surface area contributed by atoms with Crippen molar-refractivity contribution in [3.63, 3.8) is 0 Å². The maximum atomic E-state index is 12.0. The van der Waals surface area contributed by atoms with Crippen LogP contribution in [0.1, 0.15) is 12.5 Å². The Balaban J connectivity index is 1.81. The Bertz CT molecular complexity index is 797. The van der Waals surface area contributed by atoms with Crippen LogP contribution in [-0.2, 0) is 9.59 Å². The van der Waals surface area contributed by atoms with Gasteiger partial charge < -0.3 is 15.4 Å². The number of amides is 2. The SMILES string of the molecule is C#Cc1cccc(NC(=O)CNC(=O)C(C)Oc2ccc(Br)cc2)c1. The fraction of sp³-hybridized carbons (Fsp3) is 0.158. The predicted molar refractivity (Wildman–Crippen MR) is 100 cm³/mol. The average Bonchev–Trinajstić information content (AvgIpc) is 2.61. The highest BCUT2D eigenvalue weighted by Crippen LogP contribution is 2.17. The predicted octanol–water partition coefficient (Wildman–Crippen LogP) is 2.95. The molecule has 2 N–H and O–H groups in total. The smallest absolute Gasteiger partial charge is 0.261 e. The van der Waals surface area contributed by atoms with Crippen LogP contribution >= 0.6 is 15.9 Å². The molecule has 0 bridgehead atoms. The number of carbonyl (C=O) groups is 2. The van der Waals surface area contributed by atoms with Gasteiger partial charge in [-0.15, -0.1) is 6.42 Å². The number of hydrogen-bond acceptors (Lipinski definition) is 3. The van der Waals surface area contributed by atoms with Crippen molar-refractivity contribution < 1.29 is 14.3 Å². The van der Waals surface area contributed by atoms with Gasteiger partial charge in [0.1, 0.15) is 5.75 Å². The van der Waals surface area contributed by atoms with Gasteiger partial charge in [-0.2, -0.15) is 0 Å². The molecule has 1 atom stereocenters. The minimum Gasteiger partial charge on any atom is -0.481 e. The summed E-state index contributed by atoms with van der Waals surface area (Å²) in [6, 6.07) is 14.0. The lowest BCUT2D eigenvalue weighted by Gasteiger charge is -2.14. The van der Waals surface area contributed by atoms with Crippen LogP contribution in [0.4, 0.5) is 5.69 Å². The van der Waals surface area contributed by atoms with Gasteiger partial charge in [-0.3, -0.25) is 9.59 Å². The van der Waals surface area contributed by atoms with Crippen LogP contribution in [0.2, 0.25) is 0 Å².